The second kappa shape index (κ2) is 8.02. The minimum Gasteiger partial charge on any atom is -0.392 e. The summed E-state index contributed by atoms with van der Waals surface area (Å²) in [6, 6.07) is 19.9. The number of hydrogen-bond acceptors (Lipinski definition) is 3. The Morgan fingerprint density at radius 1 is 1.04 bits per heavy atom. The summed E-state index contributed by atoms with van der Waals surface area (Å²) < 4.78 is 5.83. The second-order valence-electron chi connectivity index (χ2n) is 7.26. The lowest BCUT2D eigenvalue weighted by molar-refractivity contribution is -0.185. The molecule has 138 valence electrons. The van der Waals surface area contributed by atoms with Crippen LogP contribution in [0.15, 0.2) is 60.7 Å². The van der Waals surface area contributed by atoms with E-state index in [4.69, 9.17) is 4.74 Å². The quantitative estimate of drug-likeness (QED) is 0.741. The molecule has 3 atom stereocenters. The second-order valence-corrected chi connectivity index (χ2v) is 7.26. The van der Waals surface area contributed by atoms with Crippen LogP contribution in [0.5, 0.6) is 0 Å². The van der Waals surface area contributed by atoms with Gasteiger partial charge in [0.1, 0.15) is 0 Å². The monoisotopic (exact) mass is 353 g/mol. The van der Waals surface area contributed by atoms with E-state index >= 15 is 0 Å². The fourth-order valence-corrected chi connectivity index (χ4v) is 3.76. The van der Waals surface area contributed by atoms with Gasteiger partial charge in [0.25, 0.3) is 0 Å². The summed E-state index contributed by atoms with van der Waals surface area (Å²) in [6.07, 6.45) is -0.697. The lowest BCUT2D eigenvalue weighted by Crippen LogP contribution is -2.68. The Kier molecular flexibility index (Phi) is 5.74. The zero-order chi connectivity index (χ0) is 18.6. The molecule has 1 fully saturated rings. The molecule has 0 aromatic heterocycles. The molecular weight excluding hydrogens is 326 g/mol. The SMILES string of the molecule is CC(COCc1ccccc1)C1([C@@H](C)O)CN(Cc2ccccc2)C1=O. The number of carbonyl (C=O) groups is 1. The third-order valence-electron chi connectivity index (χ3n) is 5.46. The first-order chi connectivity index (χ1) is 12.5. The van der Waals surface area contributed by atoms with Crippen molar-refractivity contribution in [1.82, 2.24) is 4.90 Å². The average molecular weight is 353 g/mol. The zero-order valence-corrected chi connectivity index (χ0v) is 15.5. The Morgan fingerprint density at radius 2 is 1.62 bits per heavy atom. The average Bonchev–Trinajstić information content (AvgIpc) is 2.65. The van der Waals surface area contributed by atoms with Crippen molar-refractivity contribution < 1.29 is 14.6 Å². The van der Waals surface area contributed by atoms with Crippen LogP contribution < -0.4 is 0 Å². The Bertz CT molecular complexity index is 717. The predicted octanol–water partition coefficient (Wildman–Crippen LogP) is 3.25. The van der Waals surface area contributed by atoms with Crippen LogP contribution in [0.2, 0.25) is 0 Å². The lowest BCUT2D eigenvalue weighted by atomic mass is 9.65. The Morgan fingerprint density at radius 3 is 2.15 bits per heavy atom. The van der Waals surface area contributed by atoms with E-state index in [9.17, 15) is 9.90 Å². The Hall–Kier alpha value is -2.17. The van der Waals surface area contributed by atoms with Crippen molar-refractivity contribution >= 4 is 5.91 Å². The molecule has 0 bridgehead atoms. The van der Waals surface area contributed by atoms with E-state index in [2.05, 4.69) is 0 Å². The van der Waals surface area contributed by atoms with Gasteiger partial charge in [0.05, 0.1) is 24.7 Å². The normalized spacial score (nSPS) is 22.0. The van der Waals surface area contributed by atoms with Gasteiger partial charge >= 0.3 is 0 Å². The first-order valence-electron chi connectivity index (χ1n) is 9.17. The van der Waals surface area contributed by atoms with E-state index in [-0.39, 0.29) is 11.8 Å². The van der Waals surface area contributed by atoms with Crippen LogP contribution in [0.1, 0.15) is 25.0 Å². The number of rotatable bonds is 8. The lowest BCUT2D eigenvalue weighted by Gasteiger charge is -2.53. The predicted molar refractivity (Wildman–Crippen MR) is 101 cm³/mol. The smallest absolute Gasteiger partial charge is 0.233 e. The van der Waals surface area contributed by atoms with Gasteiger partial charge in [0.2, 0.25) is 5.91 Å². The maximum absolute atomic E-state index is 12.9. The van der Waals surface area contributed by atoms with Crippen LogP contribution in [0.4, 0.5) is 0 Å². The molecule has 26 heavy (non-hydrogen) atoms. The van der Waals surface area contributed by atoms with Crippen molar-refractivity contribution in [2.45, 2.75) is 33.1 Å². The molecule has 3 rings (SSSR count). The molecule has 2 aromatic rings. The molecule has 1 heterocycles. The molecule has 1 aliphatic rings. The number of β-lactam (4-membered cyclic amide) rings is 1. The first-order valence-corrected chi connectivity index (χ1v) is 9.17. The molecule has 4 heteroatoms. The van der Waals surface area contributed by atoms with Gasteiger partial charge in [0.15, 0.2) is 0 Å². The number of aliphatic hydroxyl groups excluding tert-OH is 1. The summed E-state index contributed by atoms with van der Waals surface area (Å²) in [7, 11) is 0. The molecule has 2 aromatic carbocycles. The highest BCUT2D eigenvalue weighted by molar-refractivity contribution is 5.89. The summed E-state index contributed by atoms with van der Waals surface area (Å²) in [5.74, 6) is -0.0297. The zero-order valence-electron chi connectivity index (χ0n) is 15.5. The minimum atomic E-state index is -0.745. The Balaban J connectivity index is 1.59. The number of nitrogens with zero attached hydrogens (tertiary/aromatic N) is 1. The van der Waals surface area contributed by atoms with E-state index in [1.165, 1.54) is 0 Å². The number of hydrogen-bond donors (Lipinski definition) is 1. The summed E-state index contributed by atoms with van der Waals surface area (Å²) in [4.78, 5) is 14.7. The van der Waals surface area contributed by atoms with Gasteiger partial charge in [-0.05, 0) is 24.0 Å². The molecule has 4 nitrogen and oxygen atoms in total. The molecule has 2 unspecified atom stereocenters. The number of carbonyl (C=O) groups excluding carboxylic acids is 1. The first kappa shape index (κ1) is 18.6. The van der Waals surface area contributed by atoms with Crippen molar-refractivity contribution in [2.24, 2.45) is 11.3 Å². The van der Waals surface area contributed by atoms with E-state index in [1.807, 2.05) is 72.5 Å². The van der Waals surface area contributed by atoms with Crippen LogP contribution in [0.25, 0.3) is 0 Å². The van der Waals surface area contributed by atoms with Crippen LogP contribution in [0.3, 0.4) is 0 Å². The van der Waals surface area contributed by atoms with Gasteiger partial charge in [-0.15, -0.1) is 0 Å². The maximum atomic E-state index is 12.9. The topological polar surface area (TPSA) is 49.8 Å². The van der Waals surface area contributed by atoms with E-state index in [0.29, 0.717) is 26.3 Å². The third kappa shape index (κ3) is 3.67. The van der Waals surface area contributed by atoms with Crippen LogP contribution >= 0.6 is 0 Å². The van der Waals surface area contributed by atoms with Crippen molar-refractivity contribution in [1.29, 1.82) is 0 Å². The number of benzene rings is 2. The van der Waals surface area contributed by atoms with Crippen LogP contribution in [0, 0.1) is 11.3 Å². The summed E-state index contributed by atoms with van der Waals surface area (Å²) in [5.41, 5.74) is 1.47. The summed E-state index contributed by atoms with van der Waals surface area (Å²) >= 11 is 0. The van der Waals surface area contributed by atoms with Gasteiger partial charge in [0, 0.05) is 13.1 Å². The molecule has 0 aliphatic carbocycles. The largest absolute Gasteiger partial charge is 0.392 e. The fourth-order valence-electron chi connectivity index (χ4n) is 3.76. The molecule has 1 saturated heterocycles. The fraction of sp³-hybridized carbons (Fsp3) is 0.409. The minimum absolute atomic E-state index is 0.0205. The van der Waals surface area contributed by atoms with Crippen molar-refractivity contribution in [3.05, 3.63) is 71.8 Å². The number of aliphatic hydroxyl groups is 1. The molecule has 0 radical (unpaired) electrons. The molecule has 1 amide bonds. The highest BCUT2D eigenvalue weighted by Crippen LogP contribution is 2.43. The standard InChI is InChI=1S/C22H27NO3/c1-17(14-26-15-20-11-7-4-8-12-20)22(18(2)24)16-23(21(22)25)13-19-9-5-3-6-10-19/h3-12,17-18,24H,13-16H2,1-2H3/t17?,18-,22?/m1/s1. The van der Waals surface area contributed by atoms with E-state index < -0.39 is 11.5 Å². The van der Waals surface area contributed by atoms with E-state index in [1.54, 1.807) is 6.92 Å². The maximum Gasteiger partial charge on any atom is 0.233 e. The number of ether oxygens (including phenoxy) is 1. The van der Waals surface area contributed by atoms with E-state index in [0.717, 1.165) is 11.1 Å². The number of likely N-dealkylation sites (tertiary alicyclic amines) is 1. The third-order valence-corrected chi connectivity index (χ3v) is 5.46. The van der Waals surface area contributed by atoms with Crippen LogP contribution in [-0.2, 0) is 22.7 Å². The molecular formula is C22H27NO3. The number of amides is 1. The molecule has 1 aliphatic heterocycles. The summed E-state index contributed by atoms with van der Waals surface area (Å²) in [5, 5.41) is 10.4. The van der Waals surface area contributed by atoms with Gasteiger partial charge in [-0.25, -0.2) is 0 Å². The molecule has 0 spiro atoms. The highest BCUT2D eigenvalue weighted by Gasteiger charge is 2.58. The van der Waals surface area contributed by atoms with Gasteiger partial charge < -0.3 is 14.7 Å². The molecule has 1 N–H and O–H groups in total. The van der Waals surface area contributed by atoms with Crippen molar-refractivity contribution in [2.75, 3.05) is 13.2 Å². The van der Waals surface area contributed by atoms with Gasteiger partial charge in [-0.3, -0.25) is 4.79 Å². The van der Waals surface area contributed by atoms with Crippen molar-refractivity contribution in [3.63, 3.8) is 0 Å². The van der Waals surface area contributed by atoms with Crippen molar-refractivity contribution in [3.8, 4) is 0 Å². The van der Waals surface area contributed by atoms with Crippen LogP contribution in [-0.4, -0.2) is 35.2 Å². The highest BCUT2D eigenvalue weighted by atomic mass is 16.5. The molecule has 0 saturated carbocycles. The van der Waals surface area contributed by atoms with Gasteiger partial charge in [-0.1, -0.05) is 67.6 Å². The summed E-state index contributed by atoms with van der Waals surface area (Å²) in [6.45, 7) is 5.83. The Labute approximate surface area is 155 Å². The van der Waals surface area contributed by atoms with Gasteiger partial charge in [-0.2, -0.15) is 0 Å².